The minimum atomic E-state index is -0.0630. The molecule has 2 N–H and O–H groups in total. The molecule has 2 aromatic heterocycles. The molecule has 1 saturated heterocycles. The Bertz CT molecular complexity index is 937. The van der Waals surface area contributed by atoms with E-state index in [0.29, 0.717) is 19.0 Å². The molecule has 1 fully saturated rings. The van der Waals surface area contributed by atoms with Crippen LogP contribution in [0.5, 0.6) is 0 Å². The van der Waals surface area contributed by atoms with Gasteiger partial charge in [0.2, 0.25) is 0 Å². The van der Waals surface area contributed by atoms with Gasteiger partial charge in [0, 0.05) is 31.2 Å². The van der Waals surface area contributed by atoms with Crippen LogP contribution in [-0.4, -0.2) is 48.8 Å². The Morgan fingerprint density at radius 2 is 2.15 bits per heavy atom. The van der Waals surface area contributed by atoms with Gasteiger partial charge in [-0.25, -0.2) is 14.8 Å². The molecule has 27 heavy (non-hydrogen) atoms. The van der Waals surface area contributed by atoms with Crippen molar-refractivity contribution in [1.29, 1.82) is 0 Å². The predicted molar refractivity (Wildman–Crippen MR) is 104 cm³/mol. The highest BCUT2D eigenvalue weighted by atomic mass is 16.2. The molecular formula is C19H25N7O. The van der Waals surface area contributed by atoms with Gasteiger partial charge < -0.3 is 14.8 Å². The van der Waals surface area contributed by atoms with Crippen molar-refractivity contribution in [3.63, 3.8) is 0 Å². The fourth-order valence-electron chi connectivity index (χ4n) is 3.65. The van der Waals surface area contributed by atoms with Gasteiger partial charge in [-0.15, -0.1) is 0 Å². The zero-order chi connectivity index (χ0) is 18.8. The summed E-state index contributed by atoms with van der Waals surface area (Å²) in [5.74, 6) is 2.01. The van der Waals surface area contributed by atoms with Crippen LogP contribution in [0.1, 0.15) is 43.8 Å². The summed E-state index contributed by atoms with van der Waals surface area (Å²) in [4.78, 5) is 23.3. The molecule has 142 valence electrons. The number of carbonyl (C=O) groups excluding carboxylic acids is 1. The van der Waals surface area contributed by atoms with Crippen LogP contribution in [0.25, 0.3) is 11.0 Å². The predicted octanol–water partition coefficient (Wildman–Crippen LogP) is 3.28. The average molecular weight is 367 g/mol. The molecule has 0 radical (unpaired) electrons. The number of likely N-dealkylation sites (tertiary alicyclic amines) is 1. The van der Waals surface area contributed by atoms with E-state index in [1.54, 1.807) is 0 Å². The lowest BCUT2D eigenvalue weighted by molar-refractivity contribution is 0.193. The molecule has 8 nitrogen and oxygen atoms in total. The van der Waals surface area contributed by atoms with E-state index < -0.39 is 0 Å². The Kier molecular flexibility index (Phi) is 4.79. The van der Waals surface area contributed by atoms with Crippen molar-refractivity contribution in [3.05, 3.63) is 36.2 Å². The molecule has 1 aliphatic heterocycles. The van der Waals surface area contributed by atoms with E-state index >= 15 is 0 Å². The van der Waals surface area contributed by atoms with E-state index in [9.17, 15) is 4.79 Å². The molecule has 0 unspecified atom stereocenters. The number of fused-ring (bicyclic) bond motifs is 1. The number of piperidine rings is 1. The van der Waals surface area contributed by atoms with Crippen LogP contribution < -0.4 is 5.32 Å². The van der Waals surface area contributed by atoms with Crippen LogP contribution in [0.15, 0.2) is 24.5 Å². The van der Waals surface area contributed by atoms with E-state index in [2.05, 4.69) is 37.0 Å². The first-order chi connectivity index (χ1) is 13.1. The first kappa shape index (κ1) is 17.5. The van der Waals surface area contributed by atoms with Gasteiger partial charge in [0.25, 0.3) is 0 Å². The maximum atomic E-state index is 12.6. The van der Waals surface area contributed by atoms with Gasteiger partial charge in [-0.2, -0.15) is 5.10 Å². The first-order valence-electron chi connectivity index (χ1n) is 9.53. The number of H-pyrrole nitrogens is 1. The van der Waals surface area contributed by atoms with Crippen LogP contribution >= 0.6 is 0 Å². The van der Waals surface area contributed by atoms with Gasteiger partial charge in [0.05, 0.1) is 17.4 Å². The number of carbonyl (C=O) groups is 1. The highest BCUT2D eigenvalue weighted by molar-refractivity contribution is 5.92. The SMILES string of the molecule is CCCn1cnc2cc(NC(=O)N3CCC(c4n[nH]c(C)n4)CC3)ccc21. The second-order valence-electron chi connectivity index (χ2n) is 7.11. The molecular weight excluding hydrogens is 342 g/mol. The molecule has 3 heterocycles. The first-order valence-corrected chi connectivity index (χ1v) is 9.53. The fraction of sp³-hybridized carbons (Fsp3) is 0.474. The normalized spacial score (nSPS) is 15.4. The minimum absolute atomic E-state index is 0.0630. The number of anilines is 1. The van der Waals surface area contributed by atoms with Gasteiger partial charge in [0.1, 0.15) is 5.82 Å². The lowest BCUT2D eigenvalue weighted by atomic mass is 9.96. The van der Waals surface area contributed by atoms with Crippen LogP contribution in [0.3, 0.4) is 0 Å². The number of hydrogen-bond donors (Lipinski definition) is 2. The number of rotatable bonds is 4. The Labute approximate surface area is 158 Å². The average Bonchev–Trinajstić information content (AvgIpc) is 3.28. The Morgan fingerprint density at radius 3 is 2.85 bits per heavy atom. The summed E-state index contributed by atoms with van der Waals surface area (Å²) in [5, 5.41) is 10.2. The lowest BCUT2D eigenvalue weighted by Gasteiger charge is -2.30. The molecule has 0 bridgehead atoms. The van der Waals surface area contributed by atoms with Gasteiger partial charge in [-0.1, -0.05) is 6.92 Å². The molecule has 0 spiro atoms. The number of nitrogens with zero attached hydrogens (tertiary/aromatic N) is 5. The minimum Gasteiger partial charge on any atom is -0.331 e. The van der Waals surface area contributed by atoms with Crippen molar-refractivity contribution in [2.75, 3.05) is 18.4 Å². The number of hydrogen-bond acceptors (Lipinski definition) is 4. The molecule has 2 amide bonds. The smallest absolute Gasteiger partial charge is 0.321 e. The summed E-state index contributed by atoms with van der Waals surface area (Å²) in [5.41, 5.74) is 2.78. The quantitative estimate of drug-likeness (QED) is 0.740. The van der Waals surface area contributed by atoms with Crippen LogP contribution in [0.2, 0.25) is 0 Å². The van der Waals surface area contributed by atoms with Crippen molar-refractivity contribution in [2.24, 2.45) is 0 Å². The largest absolute Gasteiger partial charge is 0.331 e. The number of benzene rings is 1. The van der Waals surface area contributed by atoms with Crippen molar-refractivity contribution < 1.29 is 4.79 Å². The number of amides is 2. The molecule has 4 rings (SSSR count). The Hall–Kier alpha value is -2.90. The van der Waals surface area contributed by atoms with E-state index in [1.165, 1.54) is 0 Å². The van der Waals surface area contributed by atoms with E-state index in [1.807, 2.05) is 36.4 Å². The number of imidazole rings is 1. The summed E-state index contributed by atoms with van der Waals surface area (Å²) >= 11 is 0. The topological polar surface area (TPSA) is 91.7 Å². The molecule has 1 aromatic carbocycles. The molecule has 0 saturated carbocycles. The van der Waals surface area contributed by atoms with Crippen molar-refractivity contribution >= 4 is 22.8 Å². The van der Waals surface area contributed by atoms with Gasteiger partial charge in [-0.05, 0) is 44.4 Å². The number of nitrogens with one attached hydrogen (secondary N) is 2. The maximum Gasteiger partial charge on any atom is 0.321 e. The third-order valence-corrected chi connectivity index (χ3v) is 5.10. The molecule has 1 aliphatic rings. The number of aryl methyl sites for hydroxylation is 2. The second-order valence-corrected chi connectivity index (χ2v) is 7.11. The lowest BCUT2D eigenvalue weighted by Crippen LogP contribution is -2.40. The molecule has 0 aliphatic carbocycles. The van der Waals surface area contributed by atoms with E-state index in [4.69, 9.17) is 0 Å². The van der Waals surface area contributed by atoms with Crippen LogP contribution in [0.4, 0.5) is 10.5 Å². The molecule has 8 heteroatoms. The van der Waals surface area contributed by atoms with Gasteiger partial charge in [-0.3, -0.25) is 5.10 Å². The monoisotopic (exact) mass is 367 g/mol. The number of urea groups is 1. The summed E-state index contributed by atoms with van der Waals surface area (Å²) < 4.78 is 2.14. The van der Waals surface area contributed by atoms with Gasteiger partial charge in [0.15, 0.2) is 5.82 Å². The fourth-order valence-corrected chi connectivity index (χ4v) is 3.65. The summed E-state index contributed by atoms with van der Waals surface area (Å²) in [7, 11) is 0. The zero-order valence-corrected chi connectivity index (χ0v) is 15.8. The van der Waals surface area contributed by atoms with Gasteiger partial charge >= 0.3 is 6.03 Å². The number of aromatic amines is 1. The second kappa shape index (κ2) is 7.38. The number of aromatic nitrogens is 5. The van der Waals surface area contributed by atoms with Crippen molar-refractivity contribution in [2.45, 2.75) is 45.6 Å². The maximum absolute atomic E-state index is 12.6. The Balaban J connectivity index is 1.37. The van der Waals surface area contributed by atoms with Crippen LogP contribution in [0, 0.1) is 6.92 Å². The third kappa shape index (κ3) is 3.65. The Morgan fingerprint density at radius 1 is 1.33 bits per heavy atom. The van der Waals surface area contributed by atoms with Crippen LogP contribution in [-0.2, 0) is 6.54 Å². The van der Waals surface area contributed by atoms with Crippen molar-refractivity contribution in [1.82, 2.24) is 29.6 Å². The molecule has 3 aromatic rings. The standard InChI is InChI=1S/C19H25N7O/c1-3-8-26-12-20-16-11-15(4-5-17(16)26)22-19(27)25-9-6-14(7-10-25)18-21-13(2)23-24-18/h4-5,11-12,14H,3,6-10H2,1-2H3,(H,22,27)(H,21,23,24). The highest BCUT2D eigenvalue weighted by Crippen LogP contribution is 2.26. The van der Waals surface area contributed by atoms with Crippen molar-refractivity contribution in [3.8, 4) is 0 Å². The van der Waals surface area contributed by atoms with E-state index in [0.717, 1.165) is 54.2 Å². The van der Waals surface area contributed by atoms with E-state index in [-0.39, 0.29) is 6.03 Å². The summed E-state index contributed by atoms with van der Waals surface area (Å²) in [6, 6.07) is 5.83. The third-order valence-electron chi connectivity index (χ3n) is 5.10. The highest BCUT2D eigenvalue weighted by Gasteiger charge is 2.26. The summed E-state index contributed by atoms with van der Waals surface area (Å²) in [6.07, 6.45) is 4.68. The molecule has 0 atom stereocenters. The summed E-state index contributed by atoms with van der Waals surface area (Å²) in [6.45, 7) is 6.41. The zero-order valence-electron chi connectivity index (χ0n) is 15.8.